The number of hydrogen-bond donors (Lipinski definition) is 1. The second-order valence-electron chi connectivity index (χ2n) is 5.43. The van der Waals surface area contributed by atoms with Crippen molar-refractivity contribution in [3.05, 3.63) is 29.3 Å². The molecule has 5 nitrogen and oxygen atoms in total. The summed E-state index contributed by atoms with van der Waals surface area (Å²) >= 11 is 1.96. The van der Waals surface area contributed by atoms with Gasteiger partial charge in [-0.05, 0) is 25.5 Å². The molecule has 0 spiro atoms. The Balaban J connectivity index is 1.97. The third kappa shape index (κ3) is 5.95. The lowest BCUT2D eigenvalue weighted by Gasteiger charge is -2.27. The average molecular weight is 337 g/mol. The van der Waals surface area contributed by atoms with Crippen molar-refractivity contribution in [2.24, 2.45) is 10.7 Å². The summed E-state index contributed by atoms with van der Waals surface area (Å²) in [6.45, 7) is 8.39. The summed E-state index contributed by atoms with van der Waals surface area (Å²) in [5, 5.41) is 0. The second kappa shape index (κ2) is 9.67. The smallest absolute Gasteiger partial charge is 0.191 e. The number of ether oxygens (including phenoxy) is 2. The highest BCUT2D eigenvalue weighted by Crippen LogP contribution is 2.21. The molecule has 128 valence electrons. The van der Waals surface area contributed by atoms with Gasteiger partial charge in [-0.25, -0.2) is 4.99 Å². The van der Waals surface area contributed by atoms with E-state index in [4.69, 9.17) is 15.2 Å². The van der Waals surface area contributed by atoms with Gasteiger partial charge in [0.25, 0.3) is 0 Å². The Morgan fingerprint density at radius 3 is 2.83 bits per heavy atom. The van der Waals surface area contributed by atoms with Crippen molar-refractivity contribution in [2.45, 2.75) is 20.4 Å². The van der Waals surface area contributed by atoms with Crippen molar-refractivity contribution in [1.82, 2.24) is 4.90 Å². The van der Waals surface area contributed by atoms with E-state index in [-0.39, 0.29) is 0 Å². The van der Waals surface area contributed by atoms with Gasteiger partial charge in [-0.1, -0.05) is 12.1 Å². The minimum absolute atomic E-state index is 0.541. The summed E-state index contributed by atoms with van der Waals surface area (Å²) in [5.74, 6) is 3.74. The van der Waals surface area contributed by atoms with Gasteiger partial charge in [0, 0.05) is 36.8 Å². The highest BCUT2D eigenvalue weighted by Gasteiger charge is 2.12. The highest BCUT2D eigenvalue weighted by molar-refractivity contribution is 7.99. The molecule has 0 aromatic heterocycles. The van der Waals surface area contributed by atoms with Crippen molar-refractivity contribution >= 4 is 17.7 Å². The zero-order chi connectivity index (χ0) is 16.5. The molecule has 23 heavy (non-hydrogen) atoms. The first-order valence-corrected chi connectivity index (χ1v) is 9.29. The Morgan fingerprint density at radius 1 is 1.30 bits per heavy atom. The second-order valence-corrected chi connectivity index (χ2v) is 6.66. The number of nitrogens with two attached hydrogens (primary N) is 1. The average Bonchev–Trinajstić information content (AvgIpc) is 2.58. The largest absolute Gasteiger partial charge is 0.491 e. The molecule has 1 saturated heterocycles. The van der Waals surface area contributed by atoms with E-state index in [1.807, 2.05) is 24.8 Å². The van der Waals surface area contributed by atoms with Crippen LogP contribution in [-0.4, -0.2) is 55.3 Å². The van der Waals surface area contributed by atoms with E-state index in [0.717, 1.165) is 35.9 Å². The van der Waals surface area contributed by atoms with Crippen molar-refractivity contribution < 1.29 is 9.47 Å². The van der Waals surface area contributed by atoms with E-state index in [9.17, 15) is 0 Å². The molecular formula is C17H27N3O2S. The number of thioether (sulfide) groups is 1. The normalized spacial score (nSPS) is 15.7. The van der Waals surface area contributed by atoms with Crippen LogP contribution in [0, 0.1) is 6.92 Å². The minimum Gasteiger partial charge on any atom is -0.491 e. The summed E-state index contributed by atoms with van der Waals surface area (Å²) in [6.07, 6.45) is 0. The molecule has 0 saturated carbocycles. The first-order valence-electron chi connectivity index (χ1n) is 8.13. The molecule has 1 aromatic rings. The first-order chi connectivity index (χ1) is 11.2. The van der Waals surface area contributed by atoms with E-state index >= 15 is 0 Å². The summed E-state index contributed by atoms with van der Waals surface area (Å²) in [7, 11) is 0. The van der Waals surface area contributed by atoms with Gasteiger partial charge in [-0.2, -0.15) is 11.8 Å². The lowest BCUT2D eigenvalue weighted by Crippen LogP contribution is -2.42. The molecule has 0 bridgehead atoms. The molecule has 6 heteroatoms. The number of nitrogens with zero attached hydrogens (tertiary/aromatic N) is 2. The quantitative estimate of drug-likeness (QED) is 0.470. The Hall–Kier alpha value is -1.40. The van der Waals surface area contributed by atoms with Crippen molar-refractivity contribution in [3.63, 3.8) is 0 Å². The fourth-order valence-corrected chi connectivity index (χ4v) is 3.24. The molecule has 0 amide bonds. The molecule has 1 fully saturated rings. The number of benzene rings is 1. The Morgan fingerprint density at radius 2 is 2.09 bits per heavy atom. The molecule has 1 heterocycles. The van der Waals surface area contributed by atoms with Gasteiger partial charge in [0.05, 0.1) is 13.2 Å². The molecule has 0 atom stereocenters. The van der Waals surface area contributed by atoms with Crippen LogP contribution in [0.1, 0.15) is 18.1 Å². The molecule has 0 aliphatic carbocycles. The topological polar surface area (TPSA) is 60.1 Å². The highest BCUT2D eigenvalue weighted by atomic mass is 32.2. The SMILES string of the molecule is CCOCCOc1cc(C)ccc1CN=C(N)N1CCSCC1. The van der Waals surface area contributed by atoms with E-state index in [1.165, 1.54) is 5.56 Å². The van der Waals surface area contributed by atoms with Gasteiger partial charge in [-0.3, -0.25) is 0 Å². The van der Waals surface area contributed by atoms with Crippen LogP contribution in [0.5, 0.6) is 5.75 Å². The molecule has 0 radical (unpaired) electrons. The van der Waals surface area contributed by atoms with Crippen LogP contribution >= 0.6 is 11.8 Å². The van der Waals surface area contributed by atoms with Gasteiger partial charge in [-0.15, -0.1) is 0 Å². The van der Waals surface area contributed by atoms with Crippen LogP contribution in [0.4, 0.5) is 0 Å². The molecule has 1 aromatic carbocycles. The summed E-state index contributed by atoms with van der Waals surface area (Å²) in [5.41, 5.74) is 8.35. The maximum absolute atomic E-state index is 6.12. The van der Waals surface area contributed by atoms with Crippen LogP contribution < -0.4 is 10.5 Å². The van der Waals surface area contributed by atoms with Gasteiger partial charge in [0.1, 0.15) is 12.4 Å². The molecule has 2 N–H and O–H groups in total. The van der Waals surface area contributed by atoms with E-state index in [0.29, 0.717) is 32.3 Å². The first kappa shape index (κ1) is 17.9. The van der Waals surface area contributed by atoms with Crippen molar-refractivity contribution in [3.8, 4) is 5.75 Å². The third-order valence-electron chi connectivity index (χ3n) is 3.66. The maximum atomic E-state index is 6.12. The number of aliphatic imine (C=N–C) groups is 1. The zero-order valence-electron chi connectivity index (χ0n) is 14.1. The lowest BCUT2D eigenvalue weighted by molar-refractivity contribution is 0.110. The van der Waals surface area contributed by atoms with Crippen LogP contribution in [-0.2, 0) is 11.3 Å². The number of rotatable bonds is 7. The number of hydrogen-bond acceptors (Lipinski definition) is 4. The lowest BCUT2D eigenvalue weighted by atomic mass is 10.1. The molecule has 0 unspecified atom stereocenters. The van der Waals surface area contributed by atoms with Crippen LogP contribution in [0.3, 0.4) is 0 Å². The molecular weight excluding hydrogens is 310 g/mol. The molecule has 1 aliphatic rings. The molecule has 1 aliphatic heterocycles. The van der Waals surface area contributed by atoms with Crippen molar-refractivity contribution in [1.29, 1.82) is 0 Å². The Labute approximate surface area is 143 Å². The summed E-state index contributed by atoms with van der Waals surface area (Å²) in [4.78, 5) is 6.71. The van der Waals surface area contributed by atoms with Gasteiger partial charge < -0.3 is 20.1 Å². The number of aryl methyl sites for hydroxylation is 1. The summed E-state index contributed by atoms with van der Waals surface area (Å²) < 4.78 is 11.2. The summed E-state index contributed by atoms with van der Waals surface area (Å²) in [6, 6.07) is 6.19. The van der Waals surface area contributed by atoms with Gasteiger partial charge >= 0.3 is 0 Å². The van der Waals surface area contributed by atoms with E-state index < -0.39 is 0 Å². The Kier molecular flexibility index (Phi) is 7.55. The van der Waals surface area contributed by atoms with Crippen LogP contribution in [0.2, 0.25) is 0 Å². The minimum atomic E-state index is 0.541. The van der Waals surface area contributed by atoms with E-state index in [2.05, 4.69) is 28.9 Å². The Bertz CT molecular complexity index is 517. The third-order valence-corrected chi connectivity index (χ3v) is 4.60. The monoisotopic (exact) mass is 337 g/mol. The van der Waals surface area contributed by atoms with Gasteiger partial charge in [0.2, 0.25) is 0 Å². The predicted molar refractivity (Wildman–Crippen MR) is 97.4 cm³/mol. The fourth-order valence-electron chi connectivity index (χ4n) is 2.34. The van der Waals surface area contributed by atoms with Crippen LogP contribution in [0.25, 0.3) is 0 Å². The van der Waals surface area contributed by atoms with Crippen molar-refractivity contribution in [2.75, 3.05) is 44.4 Å². The number of guanidine groups is 1. The standard InChI is InChI=1S/C17H27N3O2S/c1-3-21-8-9-22-16-12-14(2)4-5-15(16)13-19-17(18)20-6-10-23-11-7-20/h4-5,12H,3,6-11,13H2,1-2H3,(H2,18,19). The van der Waals surface area contributed by atoms with Crippen LogP contribution in [0.15, 0.2) is 23.2 Å². The van der Waals surface area contributed by atoms with Gasteiger partial charge in [0.15, 0.2) is 5.96 Å². The fraction of sp³-hybridized carbons (Fsp3) is 0.588. The predicted octanol–water partition coefficient (Wildman–Crippen LogP) is 2.27. The molecule has 2 rings (SSSR count). The van der Waals surface area contributed by atoms with E-state index in [1.54, 1.807) is 0 Å². The zero-order valence-corrected chi connectivity index (χ0v) is 14.9. The maximum Gasteiger partial charge on any atom is 0.191 e.